The van der Waals surface area contributed by atoms with Crippen LogP contribution < -0.4 is 9.47 Å². The fourth-order valence-corrected chi connectivity index (χ4v) is 2.16. The number of rotatable bonds is 4. The first-order valence-corrected chi connectivity index (χ1v) is 6.77. The summed E-state index contributed by atoms with van der Waals surface area (Å²) in [5, 5.41) is 16.4. The van der Waals surface area contributed by atoms with Crippen LogP contribution in [0.15, 0.2) is 33.9 Å². The van der Waals surface area contributed by atoms with Crippen LogP contribution in [0.5, 0.6) is 11.5 Å². The fourth-order valence-electron chi connectivity index (χ4n) is 1.67. The molecule has 7 nitrogen and oxygen atoms in total. The number of nitrogens with zero attached hydrogens (tertiary/aromatic N) is 2. The van der Waals surface area contributed by atoms with Gasteiger partial charge in [0.2, 0.25) is 6.10 Å². The number of para-hydroxylation sites is 2. The standard InChI is InChI=1S/C12H10N2O5S/c15-10(16)6-20-12-14-13-11(19-12)9-5-17-7-3-1-2-4-8(7)18-9/h1-4,9H,5-6H2,(H,15,16). The molecule has 0 spiro atoms. The molecule has 1 aliphatic rings. The molecule has 0 fully saturated rings. The highest BCUT2D eigenvalue weighted by Crippen LogP contribution is 2.35. The van der Waals surface area contributed by atoms with Crippen LogP contribution in [0.1, 0.15) is 12.0 Å². The molecule has 1 atom stereocenters. The van der Waals surface area contributed by atoms with Crippen LogP contribution in [0.3, 0.4) is 0 Å². The molecule has 104 valence electrons. The van der Waals surface area contributed by atoms with Gasteiger partial charge in [-0.1, -0.05) is 23.9 Å². The summed E-state index contributed by atoms with van der Waals surface area (Å²) in [6, 6.07) is 7.30. The summed E-state index contributed by atoms with van der Waals surface area (Å²) in [6.07, 6.45) is -0.489. The van der Waals surface area contributed by atoms with Gasteiger partial charge < -0.3 is 19.0 Å². The van der Waals surface area contributed by atoms with Gasteiger partial charge in [-0.2, -0.15) is 0 Å². The maximum Gasteiger partial charge on any atom is 0.314 e. The topological polar surface area (TPSA) is 94.7 Å². The number of carbonyl (C=O) groups is 1. The van der Waals surface area contributed by atoms with Crippen molar-refractivity contribution in [1.82, 2.24) is 10.2 Å². The number of carboxylic acid groups (broad SMARTS) is 1. The molecule has 2 heterocycles. The Labute approximate surface area is 117 Å². The van der Waals surface area contributed by atoms with Crippen LogP contribution in [0.4, 0.5) is 0 Å². The number of hydrogen-bond acceptors (Lipinski definition) is 7. The zero-order valence-corrected chi connectivity index (χ0v) is 11.0. The highest BCUT2D eigenvalue weighted by Gasteiger charge is 2.27. The van der Waals surface area contributed by atoms with E-state index in [-0.39, 0.29) is 23.5 Å². The van der Waals surface area contributed by atoms with Crippen LogP contribution in [-0.4, -0.2) is 33.6 Å². The van der Waals surface area contributed by atoms with Gasteiger partial charge in [-0.25, -0.2) is 0 Å². The third-order valence-electron chi connectivity index (χ3n) is 2.53. The predicted octanol–water partition coefficient (Wildman–Crippen LogP) is 1.76. The Bertz CT molecular complexity index is 630. The number of fused-ring (bicyclic) bond motifs is 1. The SMILES string of the molecule is O=C(O)CSc1nnc(C2COc3ccccc3O2)o1. The summed E-state index contributed by atoms with van der Waals surface area (Å²) in [7, 11) is 0. The minimum atomic E-state index is -0.944. The Hall–Kier alpha value is -2.22. The van der Waals surface area contributed by atoms with Crippen molar-refractivity contribution >= 4 is 17.7 Å². The van der Waals surface area contributed by atoms with E-state index in [1.54, 1.807) is 6.07 Å². The van der Waals surface area contributed by atoms with E-state index in [4.69, 9.17) is 19.0 Å². The van der Waals surface area contributed by atoms with Crippen LogP contribution in [-0.2, 0) is 4.79 Å². The van der Waals surface area contributed by atoms with Crippen LogP contribution >= 0.6 is 11.8 Å². The van der Waals surface area contributed by atoms with Gasteiger partial charge >= 0.3 is 5.97 Å². The average molecular weight is 294 g/mol. The smallest absolute Gasteiger partial charge is 0.314 e. The minimum absolute atomic E-state index is 0.132. The molecule has 2 aromatic rings. The Morgan fingerprint density at radius 1 is 1.35 bits per heavy atom. The van der Waals surface area contributed by atoms with E-state index in [0.717, 1.165) is 11.8 Å². The van der Waals surface area contributed by atoms with Crippen molar-refractivity contribution in [2.45, 2.75) is 11.3 Å². The summed E-state index contributed by atoms with van der Waals surface area (Å²) >= 11 is 0.963. The lowest BCUT2D eigenvalue weighted by molar-refractivity contribution is -0.133. The highest BCUT2D eigenvalue weighted by molar-refractivity contribution is 7.99. The summed E-state index contributed by atoms with van der Waals surface area (Å²) in [4.78, 5) is 10.5. The van der Waals surface area contributed by atoms with E-state index in [2.05, 4.69) is 10.2 Å². The summed E-state index contributed by atoms with van der Waals surface area (Å²) < 4.78 is 16.6. The van der Waals surface area contributed by atoms with Gasteiger partial charge in [0.05, 0.1) is 0 Å². The number of carboxylic acids is 1. The van der Waals surface area contributed by atoms with Crippen molar-refractivity contribution in [3.05, 3.63) is 30.2 Å². The highest BCUT2D eigenvalue weighted by atomic mass is 32.2. The largest absolute Gasteiger partial charge is 0.485 e. The molecule has 0 saturated carbocycles. The zero-order valence-electron chi connectivity index (χ0n) is 10.2. The Morgan fingerprint density at radius 3 is 2.95 bits per heavy atom. The molecule has 1 aromatic carbocycles. The molecule has 20 heavy (non-hydrogen) atoms. The lowest BCUT2D eigenvalue weighted by Gasteiger charge is -2.23. The predicted molar refractivity (Wildman–Crippen MR) is 68.0 cm³/mol. The molecule has 1 aromatic heterocycles. The van der Waals surface area contributed by atoms with Crippen molar-refractivity contribution in [3.63, 3.8) is 0 Å². The van der Waals surface area contributed by atoms with E-state index < -0.39 is 12.1 Å². The Kier molecular flexibility index (Phi) is 3.46. The third kappa shape index (κ3) is 2.69. The van der Waals surface area contributed by atoms with Crippen molar-refractivity contribution in [2.24, 2.45) is 0 Å². The van der Waals surface area contributed by atoms with E-state index in [0.29, 0.717) is 11.5 Å². The normalized spacial score (nSPS) is 16.9. The van der Waals surface area contributed by atoms with E-state index in [9.17, 15) is 4.79 Å². The van der Waals surface area contributed by atoms with Gasteiger partial charge in [-0.05, 0) is 12.1 Å². The molecule has 0 amide bonds. The van der Waals surface area contributed by atoms with Crippen molar-refractivity contribution in [2.75, 3.05) is 12.4 Å². The number of benzene rings is 1. The summed E-state index contributed by atoms with van der Waals surface area (Å²) in [5.41, 5.74) is 0. The molecule has 1 aliphatic heterocycles. The van der Waals surface area contributed by atoms with Crippen LogP contribution in [0, 0.1) is 0 Å². The number of aromatic nitrogens is 2. The van der Waals surface area contributed by atoms with E-state index in [1.165, 1.54) is 0 Å². The molecule has 1 N–H and O–H groups in total. The maximum atomic E-state index is 10.5. The molecular formula is C12H10N2O5S. The monoisotopic (exact) mass is 294 g/mol. The molecule has 1 unspecified atom stereocenters. The molecule has 0 aliphatic carbocycles. The lowest BCUT2D eigenvalue weighted by atomic mass is 10.2. The van der Waals surface area contributed by atoms with Crippen molar-refractivity contribution in [1.29, 1.82) is 0 Å². The first kappa shape index (κ1) is 12.8. The van der Waals surface area contributed by atoms with Crippen LogP contribution in [0.25, 0.3) is 0 Å². The second-order valence-electron chi connectivity index (χ2n) is 3.95. The summed E-state index contributed by atoms with van der Waals surface area (Å²) in [6.45, 7) is 0.266. The van der Waals surface area contributed by atoms with Gasteiger partial charge in [0.15, 0.2) is 11.5 Å². The fraction of sp³-hybridized carbons (Fsp3) is 0.250. The number of ether oxygens (including phenoxy) is 2. The molecule has 0 bridgehead atoms. The van der Waals surface area contributed by atoms with Gasteiger partial charge in [0, 0.05) is 0 Å². The molecule has 0 radical (unpaired) electrons. The van der Waals surface area contributed by atoms with Gasteiger partial charge in [-0.15, -0.1) is 10.2 Å². The second-order valence-corrected chi connectivity index (χ2v) is 4.88. The van der Waals surface area contributed by atoms with E-state index in [1.807, 2.05) is 18.2 Å². The number of hydrogen-bond donors (Lipinski definition) is 1. The average Bonchev–Trinajstić information content (AvgIpc) is 2.93. The maximum absolute atomic E-state index is 10.5. The Balaban J connectivity index is 1.70. The van der Waals surface area contributed by atoms with Crippen molar-refractivity contribution < 1.29 is 23.8 Å². The lowest BCUT2D eigenvalue weighted by Crippen LogP contribution is -2.21. The minimum Gasteiger partial charge on any atom is -0.485 e. The number of thioether (sulfide) groups is 1. The van der Waals surface area contributed by atoms with Crippen molar-refractivity contribution in [3.8, 4) is 11.5 Å². The Morgan fingerprint density at radius 2 is 2.15 bits per heavy atom. The number of aliphatic carboxylic acids is 1. The van der Waals surface area contributed by atoms with Crippen LogP contribution in [0.2, 0.25) is 0 Å². The van der Waals surface area contributed by atoms with Gasteiger partial charge in [0.1, 0.15) is 12.4 Å². The molecule has 3 rings (SSSR count). The first-order valence-electron chi connectivity index (χ1n) is 5.79. The molecular weight excluding hydrogens is 284 g/mol. The second kappa shape index (κ2) is 5.41. The molecule has 0 saturated heterocycles. The first-order chi connectivity index (χ1) is 9.72. The van der Waals surface area contributed by atoms with Gasteiger partial charge in [-0.3, -0.25) is 4.79 Å². The third-order valence-corrected chi connectivity index (χ3v) is 3.33. The zero-order chi connectivity index (χ0) is 13.9. The van der Waals surface area contributed by atoms with E-state index >= 15 is 0 Å². The molecule has 8 heteroatoms. The quantitative estimate of drug-likeness (QED) is 0.852. The summed E-state index contributed by atoms with van der Waals surface area (Å²) in [5.74, 6) is 0.478. The van der Waals surface area contributed by atoms with Gasteiger partial charge in [0.25, 0.3) is 11.1 Å².